The first-order chi connectivity index (χ1) is 13.3. The molecule has 150 valence electrons. The summed E-state index contributed by atoms with van der Waals surface area (Å²) >= 11 is 0. The maximum absolute atomic E-state index is 12.8. The number of carbonyl (C=O) groups is 1. The summed E-state index contributed by atoms with van der Waals surface area (Å²) in [5.41, 5.74) is 3.54. The van der Waals surface area contributed by atoms with Crippen LogP contribution in [0.5, 0.6) is 0 Å². The molecule has 1 aliphatic heterocycles. The number of benzene rings is 1. The molecule has 1 aromatic carbocycles. The van der Waals surface area contributed by atoms with Gasteiger partial charge in [-0.1, -0.05) is 6.07 Å². The number of aryl methyl sites for hydroxylation is 4. The third-order valence-corrected chi connectivity index (χ3v) is 7.65. The number of hydrogen-bond donors (Lipinski definition) is 1. The van der Waals surface area contributed by atoms with Gasteiger partial charge in [-0.3, -0.25) is 4.79 Å². The molecule has 1 fully saturated rings. The van der Waals surface area contributed by atoms with E-state index in [2.05, 4.69) is 22.4 Å². The number of piperidine rings is 1. The molecule has 0 unspecified atom stereocenters. The summed E-state index contributed by atoms with van der Waals surface area (Å²) in [5, 5.41) is 3.09. The average Bonchev–Trinajstić information content (AvgIpc) is 3.28. The van der Waals surface area contributed by atoms with Crippen molar-refractivity contribution in [3.8, 4) is 0 Å². The average molecular weight is 403 g/mol. The van der Waals surface area contributed by atoms with E-state index in [9.17, 15) is 13.2 Å². The number of imidazole rings is 1. The lowest BCUT2D eigenvalue weighted by molar-refractivity contribution is -0.120. The fourth-order valence-corrected chi connectivity index (χ4v) is 5.53. The molecule has 1 aromatic heterocycles. The molecule has 0 atom stereocenters. The molecular weight excluding hydrogens is 376 g/mol. The number of hydrogen-bond acceptors (Lipinski definition) is 4. The van der Waals surface area contributed by atoms with E-state index in [0.717, 1.165) is 18.5 Å². The lowest BCUT2D eigenvalue weighted by Gasteiger charge is -2.30. The van der Waals surface area contributed by atoms with Gasteiger partial charge in [-0.2, -0.15) is 4.31 Å². The van der Waals surface area contributed by atoms with Crippen LogP contribution >= 0.6 is 0 Å². The normalized spacial score (nSPS) is 18.2. The minimum Gasteiger partial charge on any atom is -0.337 e. The van der Waals surface area contributed by atoms with Crippen LogP contribution in [-0.4, -0.2) is 41.3 Å². The Morgan fingerprint density at radius 3 is 2.57 bits per heavy atom. The molecule has 1 N–H and O–H groups in total. The van der Waals surface area contributed by atoms with Crippen LogP contribution in [0.1, 0.15) is 36.2 Å². The van der Waals surface area contributed by atoms with Crippen LogP contribution in [0.4, 0.5) is 5.69 Å². The van der Waals surface area contributed by atoms with E-state index in [-0.39, 0.29) is 16.9 Å². The zero-order valence-corrected chi connectivity index (χ0v) is 17.1. The number of anilines is 1. The summed E-state index contributed by atoms with van der Waals surface area (Å²) in [6, 6.07) is 6.14. The number of aromatic nitrogens is 2. The predicted octanol–water partition coefficient (Wildman–Crippen LogP) is 2.26. The Bertz CT molecular complexity index is 985. The Kier molecular flexibility index (Phi) is 5.01. The summed E-state index contributed by atoms with van der Waals surface area (Å²) in [6.07, 6.45) is 5.94. The Morgan fingerprint density at radius 2 is 1.89 bits per heavy atom. The smallest absolute Gasteiger partial charge is 0.262 e. The number of nitrogens with zero attached hydrogens (tertiary/aromatic N) is 3. The van der Waals surface area contributed by atoms with Gasteiger partial charge in [0.15, 0.2) is 5.03 Å². The number of nitrogens with one attached hydrogen (secondary N) is 1. The fraction of sp³-hybridized carbons (Fsp3) is 0.500. The summed E-state index contributed by atoms with van der Waals surface area (Å²) in [6.45, 7) is 2.44. The van der Waals surface area contributed by atoms with Crippen molar-refractivity contribution in [1.29, 1.82) is 0 Å². The first-order valence-corrected chi connectivity index (χ1v) is 11.2. The maximum atomic E-state index is 12.8. The van der Waals surface area contributed by atoms with Crippen LogP contribution in [0.3, 0.4) is 0 Å². The standard InChI is InChI=1S/C20H26N4O3S/c1-14-21-19(13-23(14)2)28(26,27)24-10-8-16(9-11-24)20(25)22-18-7-6-15-4-3-5-17(15)12-18/h6-7,12-13,16H,3-5,8-11H2,1-2H3,(H,22,25). The molecule has 7 nitrogen and oxygen atoms in total. The molecule has 28 heavy (non-hydrogen) atoms. The number of rotatable bonds is 4. The molecule has 2 aliphatic rings. The Labute approximate surface area is 165 Å². The summed E-state index contributed by atoms with van der Waals surface area (Å²) in [5.74, 6) is 0.455. The van der Waals surface area contributed by atoms with E-state index in [4.69, 9.17) is 0 Å². The topological polar surface area (TPSA) is 84.3 Å². The van der Waals surface area contributed by atoms with E-state index in [1.54, 1.807) is 18.5 Å². The molecule has 0 radical (unpaired) electrons. The van der Waals surface area contributed by atoms with Gasteiger partial charge in [0.1, 0.15) is 5.82 Å². The molecule has 2 heterocycles. The fourth-order valence-electron chi connectivity index (χ4n) is 4.04. The van der Waals surface area contributed by atoms with Gasteiger partial charge >= 0.3 is 0 Å². The van der Waals surface area contributed by atoms with E-state index >= 15 is 0 Å². The van der Waals surface area contributed by atoms with Crippen molar-refractivity contribution < 1.29 is 13.2 Å². The number of amides is 1. The molecule has 2 aromatic rings. The highest BCUT2D eigenvalue weighted by Gasteiger charge is 2.33. The van der Waals surface area contributed by atoms with Crippen molar-refractivity contribution in [3.63, 3.8) is 0 Å². The van der Waals surface area contributed by atoms with Crippen LogP contribution in [0, 0.1) is 12.8 Å². The highest BCUT2D eigenvalue weighted by molar-refractivity contribution is 7.89. The Morgan fingerprint density at radius 1 is 1.18 bits per heavy atom. The molecule has 0 saturated carbocycles. The lowest BCUT2D eigenvalue weighted by Crippen LogP contribution is -2.41. The van der Waals surface area contributed by atoms with Crippen LogP contribution in [-0.2, 0) is 34.7 Å². The van der Waals surface area contributed by atoms with Gasteiger partial charge in [0.05, 0.1) is 0 Å². The SMILES string of the molecule is Cc1nc(S(=O)(=O)N2CCC(C(=O)Nc3ccc4c(c3)CCC4)CC2)cn1C. The van der Waals surface area contributed by atoms with Crippen molar-refractivity contribution in [2.24, 2.45) is 13.0 Å². The minimum atomic E-state index is -3.61. The van der Waals surface area contributed by atoms with E-state index < -0.39 is 10.0 Å². The van der Waals surface area contributed by atoms with Crippen molar-refractivity contribution in [2.75, 3.05) is 18.4 Å². The minimum absolute atomic E-state index is 0.0244. The highest BCUT2D eigenvalue weighted by Crippen LogP contribution is 2.27. The zero-order valence-electron chi connectivity index (χ0n) is 16.3. The van der Waals surface area contributed by atoms with E-state index in [0.29, 0.717) is 31.8 Å². The first-order valence-electron chi connectivity index (χ1n) is 9.77. The lowest BCUT2D eigenvalue weighted by atomic mass is 9.97. The summed E-state index contributed by atoms with van der Waals surface area (Å²) in [7, 11) is -1.83. The molecule has 0 spiro atoms. The molecule has 4 rings (SSSR count). The van der Waals surface area contributed by atoms with Crippen LogP contribution in [0.25, 0.3) is 0 Å². The van der Waals surface area contributed by atoms with Crippen LogP contribution in [0.2, 0.25) is 0 Å². The van der Waals surface area contributed by atoms with Gasteiger partial charge in [0.2, 0.25) is 5.91 Å². The van der Waals surface area contributed by atoms with Crippen molar-refractivity contribution >= 4 is 21.6 Å². The monoisotopic (exact) mass is 402 g/mol. The van der Waals surface area contributed by atoms with Gasteiger partial charge in [-0.15, -0.1) is 0 Å². The molecule has 8 heteroatoms. The summed E-state index contributed by atoms with van der Waals surface area (Å²) in [4.78, 5) is 16.8. The molecule has 1 aliphatic carbocycles. The van der Waals surface area contributed by atoms with E-state index in [1.807, 2.05) is 6.07 Å². The van der Waals surface area contributed by atoms with Gasteiger partial charge < -0.3 is 9.88 Å². The van der Waals surface area contributed by atoms with Crippen LogP contribution < -0.4 is 5.32 Å². The second-order valence-electron chi connectivity index (χ2n) is 7.74. The second-order valence-corrected chi connectivity index (χ2v) is 9.63. The molecule has 0 bridgehead atoms. The van der Waals surface area contributed by atoms with Crippen LogP contribution in [0.15, 0.2) is 29.4 Å². The van der Waals surface area contributed by atoms with Crippen molar-refractivity contribution in [2.45, 2.75) is 44.1 Å². The largest absolute Gasteiger partial charge is 0.337 e. The highest BCUT2D eigenvalue weighted by atomic mass is 32.2. The second kappa shape index (κ2) is 7.33. The van der Waals surface area contributed by atoms with Gasteiger partial charge in [0, 0.05) is 37.9 Å². The third kappa shape index (κ3) is 3.58. The zero-order chi connectivity index (χ0) is 19.9. The van der Waals surface area contributed by atoms with Gasteiger partial charge in [0.25, 0.3) is 10.0 Å². The number of sulfonamides is 1. The maximum Gasteiger partial charge on any atom is 0.262 e. The van der Waals surface area contributed by atoms with Crippen molar-refractivity contribution in [1.82, 2.24) is 13.9 Å². The predicted molar refractivity (Wildman–Crippen MR) is 107 cm³/mol. The molecule has 1 saturated heterocycles. The van der Waals surface area contributed by atoms with Gasteiger partial charge in [-0.05, 0) is 62.3 Å². The van der Waals surface area contributed by atoms with Gasteiger partial charge in [-0.25, -0.2) is 13.4 Å². The number of fused-ring (bicyclic) bond motifs is 1. The Balaban J connectivity index is 1.37. The first kappa shape index (κ1) is 19.1. The quantitative estimate of drug-likeness (QED) is 0.850. The van der Waals surface area contributed by atoms with Crippen molar-refractivity contribution in [3.05, 3.63) is 41.3 Å². The third-order valence-electron chi connectivity index (χ3n) is 5.88. The summed E-state index contributed by atoms with van der Waals surface area (Å²) < 4.78 is 28.7. The molecule has 1 amide bonds. The molecular formula is C20H26N4O3S. The number of carbonyl (C=O) groups excluding carboxylic acids is 1. The Hall–Kier alpha value is -2.19. The van der Waals surface area contributed by atoms with E-state index in [1.165, 1.54) is 28.0 Å².